The molecule has 0 aromatic carbocycles. The molecule has 0 spiro atoms. The molecule has 126 valence electrons. The Morgan fingerprint density at radius 1 is 0.955 bits per heavy atom. The molecule has 0 atom stereocenters. The molecule has 1 saturated carbocycles. The maximum absolute atomic E-state index is 12.4. The van der Waals surface area contributed by atoms with Crippen LogP contribution in [-0.2, 0) is 0 Å². The Labute approximate surface area is 134 Å². The molecule has 0 aromatic heterocycles. The van der Waals surface area contributed by atoms with Gasteiger partial charge in [-0.25, -0.2) is 4.79 Å². The lowest BCUT2D eigenvalue weighted by molar-refractivity contribution is 0.118. The van der Waals surface area contributed by atoms with E-state index in [1.54, 1.807) is 0 Å². The van der Waals surface area contributed by atoms with Crippen LogP contribution in [0.5, 0.6) is 0 Å². The molecule has 1 aliphatic carbocycles. The zero-order valence-electron chi connectivity index (χ0n) is 13.9. The van der Waals surface area contributed by atoms with Crippen molar-refractivity contribution in [2.75, 3.05) is 45.8 Å². The van der Waals surface area contributed by atoms with E-state index >= 15 is 0 Å². The van der Waals surface area contributed by atoms with Crippen molar-refractivity contribution in [2.24, 2.45) is 5.92 Å². The number of amides is 2. The van der Waals surface area contributed by atoms with Crippen LogP contribution in [0.25, 0.3) is 0 Å². The Hall–Kier alpha value is -0.810. The van der Waals surface area contributed by atoms with E-state index in [0.29, 0.717) is 6.04 Å². The van der Waals surface area contributed by atoms with Crippen molar-refractivity contribution in [2.45, 2.75) is 51.0 Å². The topological polar surface area (TPSA) is 47.6 Å². The number of piperazine rings is 1. The summed E-state index contributed by atoms with van der Waals surface area (Å²) in [5.41, 5.74) is 0. The minimum atomic E-state index is 0.174. The van der Waals surface area contributed by atoms with Gasteiger partial charge >= 0.3 is 6.03 Å². The fourth-order valence-electron chi connectivity index (χ4n) is 4.08. The van der Waals surface area contributed by atoms with Crippen LogP contribution in [-0.4, -0.2) is 67.7 Å². The van der Waals surface area contributed by atoms with Crippen LogP contribution < -0.4 is 10.6 Å². The van der Waals surface area contributed by atoms with E-state index in [1.165, 1.54) is 64.6 Å². The fraction of sp³-hybridized carbons (Fsp3) is 0.941. The summed E-state index contributed by atoms with van der Waals surface area (Å²) < 4.78 is 0. The summed E-state index contributed by atoms with van der Waals surface area (Å²) in [7, 11) is 0. The second kappa shape index (κ2) is 8.16. The SMILES string of the molecule is O=C(NC1CCCCC1)N1CCN(CC2CCNCC2)CC1. The first kappa shape index (κ1) is 16.1. The molecule has 2 saturated heterocycles. The molecule has 2 heterocycles. The Balaban J connectivity index is 1.36. The first-order valence-corrected chi connectivity index (χ1v) is 9.30. The molecule has 3 rings (SSSR count). The predicted molar refractivity (Wildman–Crippen MR) is 89.0 cm³/mol. The van der Waals surface area contributed by atoms with E-state index in [0.717, 1.165) is 32.1 Å². The van der Waals surface area contributed by atoms with Crippen molar-refractivity contribution in [3.8, 4) is 0 Å². The summed E-state index contributed by atoms with van der Waals surface area (Å²) >= 11 is 0. The lowest BCUT2D eigenvalue weighted by Gasteiger charge is -2.38. The second-order valence-electron chi connectivity index (χ2n) is 7.27. The van der Waals surface area contributed by atoms with Gasteiger partial charge in [0.2, 0.25) is 0 Å². The van der Waals surface area contributed by atoms with Crippen LogP contribution in [0.3, 0.4) is 0 Å². The highest BCUT2D eigenvalue weighted by Crippen LogP contribution is 2.18. The number of urea groups is 1. The van der Waals surface area contributed by atoms with Crippen LogP contribution in [0.4, 0.5) is 4.79 Å². The molecule has 5 nitrogen and oxygen atoms in total. The monoisotopic (exact) mass is 308 g/mol. The number of nitrogens with zero attached hydrogens (tertiary/aromatic N) is 2. The van der Waals surface area contributed by atoms with Gasteiger partial charge in [-0.1, -0.05) is 19.3 Å². The third-order valence-corrected chi connectivity index (χ3v) is 5.57. The molecule has 3 aliphatic rings. The summed E-state index contributed by atoms with van der Waals surface area (Å²) in [5, 5.41) is 6.68. The molecule has 2 N–H and O–H groups in total. The van der Waals surface area contributed by atoms with Crippen LogP contribution in [0, 0.1) is 5.92 Å². The standard InChI is InChI=1S/C17H32N4O/c22-17(19-16-4-2-1-3-5-16)21-12-10-20(11-13-21)14-15-6-8-18-9-7-15/h15-16,18H,1-14H2,(H,19,22). The van der Waals surface area contributed by atoms with Crippen molar-refractivity contribution < 1.29 is 4.79 Å². The molecule has 0 bridgehead atoms. The summed E-state index contributed by atoms with van der Waals surface area (Å²) in [5.74, 6) is 0.851. The van der Waals surface area contributed by atoms with Crippen LogP contribution in [0.1, 0.15) is 44.9 Å². The Bertz CT molecular complexity index is 343. The van der Waals surface area contributed by atoms with E-state index in [2.05, 4.69) is 15.5 Å². The summed E-state index contributed by atoms with van der Waals surface area (Å²) in [6, 6.07) is 0.599. The Kier molecular flexibility index (Phi) is 5.96. The van der Waals surface area contributed by atoms with Gasteiger partial charge in [0.1, 0.15) is 0 Å². The minimum Gasteiger partial charge on any atom is -0.335 e. The zero-order valence-corrected chi connectivity index (χ0v) is 13.9. The summed E-state index contributed by atoms with van der Waals surface area (Å²) in [6.07, 6.45) is 8.83. The average molecular weight is 308 g/mol. The number of rotatable bonds is 3. The van der Waals surface area contributed by atoms with Crippen molar-refractivity contribution in [3.05, 3.63) is 0 Å². The van der Waals surface area contributed by atoms with Gasteiger partial charge in [0, 0.05) is 38.8 Å². The van der Waals surface area contributed by atoms with E-state index in [-0.39, 0.29) is 6.03 Å². The first-order chi connectivity index (χ1) is 10.8. The lowest BCUT2D eigenvalue weighted by atomic mass is 9.96. The highest BCUT2D eigenvalue weighted by Gasteiger charge is 2.25. The zero-order chi connectivity index (χ0) is 15.2. The molecule has 5 heteroatoms. The summed E-state index contributed by atoms with van der Waals surface area (Å²) in [6.45, 7) is 7.44. The number of nitrogens with one attached hydrogen (secondary N) is 2. The van der Waals surface area contributed by atoms with E-state index < -0.39 is 0 Å². The van der Waals surface area contributed by atoms with Gasteiger partial charge in [-0.3, -0.25) is 4.90 Å². The quantitative estimate of drug-likeness (QED) is 0.833. The lowest BCUT2D eigenvalue weighted by Crippen LogP contribution is -2.54. The number of carbonyl (C=O) groups is 1. The molecule has 0 unspecified atom stereocenters. The maximum Gasteiger partial charge on any atom is 0.317 e. The molecule has 0 radical (unpaired) electrons. The van der Waals surface area contributed by atoms with Crippen molar-refractivity contribution in [1.82, 2.24) is 20.4 Å². The second-order valence-corrected chi connectivity index (χ2v) is 7.27. The van der Waals surface area contributed by atoms with Crippen LogP contribution in [0.2, 0.25) is 0 Å². The van der Waals surface area contributed by atoms with E-state index in [1.807, 2.05) is 4.90 Å². The van der Waals surface area contributed by atoms with Crippen molar-refractivity contribution in [3.63, 3.8) is 0 Å². The maximum atomic E-state index is 12.4. The molecule has 2 amide bonds. The smallest absolute Gasteiger partial charge is 0.317 e. The van der Waals surface area contributed by atoms with Crippen molar-refractivity contribution >= 4 is 6.03 Å². The molecule has 0 aromatic rings. The van der Waals surface area contributed by atoms with Crippen LogP contribution >= 0.6 is 0 Å². The third-order valence-electron chi connectivity index (χ3n) is 5.57. The van der Waals surface area contributed by atoms with E-state index in [4.69, 9.17) is 0 Å². The molecular weight excluding hydrogens is 276 g/mol. The van der Waals surface area contributed by atoms with Crippen molar-refractivity contribution in [1.29, 1.82) is 0 Å². The molecular formula is C17H32N4O. The highest BCUT2D eigenvalue weighted by atomic mass is 16.2. The largest absolute Gasteiger partial charge is 0.335 e. The van der Waals surface area contributed by atoms with Gasteiger partial charge in [-0.15, -0.1) is 0 Å². The third kappa shape index (κ3) is 4.59. The fourth-order valence-corrected chi connectivity index (χ4v) is 4.08. The normalized spacial score (nSPS) is 26.1. The molecule has 22 heavy (non-hydrogen) atoms. The Morgan fingerprint density at radius 3 is 2.32 bits per heavy atom. The van der Waals surface area contributed by atoms with Gasteiger partial charge < -0.3 is 15.5 Å². The number of carbonyl (C=O) groups excluding carboxylic acids is 1. The van der Waals surface area contributed by atoms with Crippen LogP contribution in [0.15, 0.2) is 0 Å². The molecule has 2 aliphatic heterocycles. The minimum absolute atomic E-state index is 0.174. The van der Waals surface area contributed by atoms with Gasteiger partial charge in [-0.05, 0) is 44.7 Å². The predicted octanol–water partition coefficient (Wildman–Crippen LogP) is 1.65. The average Bonchev–Trinajstić information content (AvgIpc) is 2.57. The first-order valence-electron chi connectivity index (χ1n) is 9.30. The van der Waals surface area contributed by atoms with Gasteiger partial charge in [-0.2, -0.15) is 0 Å². The number of hydrogen-bond acceptors (Lipinski definition) is 3. The number of hydrogen-bond donors (Lipinski definition) is 2. The van der Waals surface area contributed by atoms with Gasteiger partial charge in [0.05, 0.1) is 0 Å². The molecule has 3 fully saturated rings. The van der Waals surface area contributed by atoms with Gasteiger partial charge in [0.25, 0.3) is 0 Å². The van der Waals surface area contributed by atoms with E-state index in [9.17, 15) is 4.79 Å². The van der Waals surface area contributed by atoms with Gasteiger partial charge in [0.15, 0.2) is 0 Å². The highest BCUT2D eigenvalue weighted by molar-refractivity contribution is 5.74. The summed E-state index contributed by atoms with van der Waals surface area (Å²) in [4.78, 5) is 16.9. The number of piperidine rings is 1. The Morgan fingerprint density at radius 2 is 1.64 bits per heavy atom.